The van der Waals surface area contributed by atoms with E-state index in [0.717, 1.165) is 5.56 Å². The molecule has 0 aromatic heterocycles. The lowest BCUT2D eigenvalue weighted by atomic mass is 9.68. The maximum absolute atomic E-state index is 12.6. The van der Waals surface area contributed by atoms with Gasteiger partial charge < -0.3 is 18.9 Å². The smallest absolute Gasteiger partial charge is 0.330 e. The van der Waals surface area contributed by atoms with Crippen LogP contribution in [0.15, 0.2) is 24.3 Å². The minimum absolute atomic E-state index is 0.0170. The first-order chi connectivity index (χ1) is 11.5. The topological polar surface area (TPSA) is 71.1 Å². The third-order valence-electron chi connectivity index (χ3n) is 5.23. The fourth-order valence-corrected chi connectivity index (χ4v) is 3.88. The van der Waals surface area contributed by atoms with Crippen LogP contribution in [-0.2, 0) is 19.9 Å². The monoisotopic (exact) mass is 330 g/mol. The summed E-state index contributed by atoms with van der Waals surface area (Å²) in [6.45, 7) is 2.62. The van der Waals surface area contributed by atoms with Crippen LogP contribution in [-0.4, -0.2) is 32.3 Å². The number of hydrogen-bond donors (Lipinski definition) is 0. The van der Waals surface area contributed by atoms with Gasteiger partial charge in [0.25, 0.3) is 0 Å². The molecule has 0 amide bonds. The molecule has 1 fully saturated rings. The highest BCUT2D eigenvalue weighted by Gasteiger charge is 2.52. The lowest BCUT2D eigenvalue weighted by Crippen LogP contribution is -2.38. The molecule has 1 aliphatic carbocycles. The normalized spacial score (nSPS) is 30.3. The largest absolute Gasteiger partial charge is 0.466 e. The van der Waals surface area contributed by atoms with Gasteiger partial charge in [-0.3, -0.25) is 4.79 Å². The van der Waals surface area contributed by atoms with Gasteiger partial charge in [-0.1, -0.05) is 6.08 Å². The molecule has 126 valence electrons. The van der Waals surface area contributed by atoms with E-state index in [-0.39, 0.29) is 24.4 Å². The molecule has 2 aliphatic heterocycles. The van der Waals surface area contributed by atoms with Gasteiger partial charge in [-0.15, -0.1) is 0 Å². The maximum Gasteiger partial charge on any atom is 0.330 e. The first-order valence-electron chi connectivity index (χ1n) is 7.90. The summed E-state index contributed by atoms with van der Waals surface area (Å²) in [6.07, 6.45) is 3.56. The molecule has 0 radical (unpaired) electrons. The number of methoxy groups -OCH3 is 1. The molecule has 6 nitrogen and oxygen atoms in total. The number of esters is 1. The lowest BCUT2D eigenvalue weighted by molar-refractivity contribution is -0.134. The third kappa shape index (κ3) is 2.13. The number of carbonyl (C=O) groups is 2. The van der Waals surface area contributed by atoms with E-state index in [1.54, 1.807) is 12.1 Å². The summed E-state index contributed by atoms with van der Waals surface area (Å²) in [7, 11) is 1.34. The minimum atomic E-state index is -0.588. The van der Waals surface area contributed by atoms with E-state index >= 15 is 0 Å². The number of carbonyl (C=O) groups excluding carboxylic acids is 2. The van der Waals surface area contributed by atoms with Gasteiger partial charge in [-0.2, -0.15) is 0 Å². The van der Waals surface area contributed by atoms with Crippen molar-refractivity contribution in [2.45, 2.75) is 18.9 Å². The second-order valence-corrected chi connectivity index (χ2v) is 6.45. The molecule has 6 heteroatoms. The van der Waals surface area contributed by atoms with Gasteiger partial charge in [0.2, 0.25) is 6.79 Å². The zero-order valence-electron chi connectivity index (χ0n) is 13.5. The highest BCUT2D eigenvalue weighted by Crippen LogP contribution is 2.53. The van der Waals surface area contributed by atoms with Crippen LogP contribution in [0.4, 0.5) is 0 Å². The number of hydrogen-bond acceptors (Lipinski definition) is 6. The second-order valence-electron chi connectivity index (χ2n) is 6.45. The van der Waals surface area contributed by atoms with Crippen LogP contribution in [0.1, 0.15) is 29.3 Å². The molecule has 2 heterocycles. The summed E-state index contributed by atoms with van der Waals surface area (Å²) < 4.78 is 21.6. The van der Waals surface area contributed by atoms with Crippen molar-refractivity contribution in [3.63, 3.8) is 0 Å². The van der Waals surface area contributed by atoms with Crippen LogP contribution < -0.4 is 9.47 Å². The van der Waals surface area contributed by atoms with Crippen molar-refractivity contribution in [1.29, 1.82) is 0 Å². The molecule has 0 spiro atoms. The SMILES string of the molecule is COC(=O)/C=C/[C@@H]1CO[C@]2(C)c3cc4c(cc3C(=O)C[C@H]12)OCO4. The Morgan fingerprint density at radius 1 is 1.33 bits per heavy atom. The van der Waals surface area contributed by atoms with Crippen LogP contribution in [0.5, 0.6) is 11.5 Å². The zero-order valence-corrected chi connectivity index (χ0v) is 13.5. The summed E-state index contributed by atoms with van der Waals surface area (Å²) in [5.41, 5.74) is 0.882. The molecule has 3 atom stereocenters. The molecule has 0 bridgehead atoms. The van der Waals surface area contributed by atoms with E-state index in [4.69, 9.17) is 14.2 Å². The number of rotatable bonds is 2. The summed E-state index contributed by atoms with van der Waals surface area (Å²) in [5, 5.41) is 0. The molecule has 4 rings (SSSR count). The van der Waals surface area contributed by atoms with Crippen LogP contribution in [0.2, 0.25) is 0 Å². The molecular weight excluding hydrogens is 312 g/mol. The van der Waals surface area contributed by atoms with Crippen molar-refractivity contribution in [1.82, 2.24) is 0 Å². The Balaban J connectivity index is 1.72. The maximum atomic E-state index is 12.6. The molecular formula is C18H18O6. The predicted molar refractivity (Wildman–Crippen MR) is 83.0 cm³/mol. The Hall–Kier alpha value is -2.34. The Morgan fingerprint density at radius 2 is 2.08 bits per heavy atom. The Labute approximate surface area is 139 Å². The summed E-state index contributed by atoms with van der Waals surface area (Å²) in [5.74, 6) is 0.850. The van der Waals surface area contributed by atoms with E-state index in [1.807, 2.05) is 13.0 Å². The van der Waals surface area contributed by atoms with Crippen LogP contribution in [0, 0.1) is 11.8 Å². The fourth-order valence-electron chi connectivity index (χ4n) is 3.88. The van der Waals surface area contributed by atoms with Crippen molar-refractivity contribution in [3.8, 4) is 11.5 Å². The van der Waals surface area contributed by atoms with E-state index in [1.165, 1.54) is 13.2 Å². The van der Waals surface area contributed by atoms with Crippen molar-refractivity contribution < 1.29 is 28.5 Å². The van der Waals surface area contributed by atoms with Gasteiger partial charge in [0.15, 0.2) is 17.3 Å². The van der Waals surface area contributed by atoms with Crippen LogP contribution in [0.25, 0.3) is 0 Å². The Kier molecular flexibility index (Phi) is 3.38. The average molecular weight is 330 g/mol. The molecule has 24 heavy (non-hydrogen) atoms. The highest BCUT2D eigenvalue weighted by molar-refractivity contribution is 6.00. The number of Topliss-reactive ketones (excluding diaryl/α,β-unsaturated/α-hetero) is 1. The average Bonchev–Trinajstić information content (AvgIpc) is 3.16. The highest BCUT2D eigenvalue weighted by atomic mass is 16.7. The van der Waals surface area contributed by atoms with Crippen LogP contribution >= 0.6 is 0 Å². The number of ether oxygens (including phenoxy) is 4. The molecule has 0 unspecified atom stereocenters. The number of fused-ring (bicyclic) bond motifs is 4. The first-order valence-corrected chi connectivity index (χ1v) is 7.90. The Bertz CT molecular complexity index is 752. The standard InChI is InChI=1S/C18H18O6/c1-18-12(10(8-24-18)3-4-17(20)21-2)6-14(19)11-5-15-16(7-13(11)18)23-9-22-15/h3-5,7,10,12H,6,8-9H2,1-2H3/b4-3+/t10-,12-,18+/m1/s1. The molecule has 0 saturated carbocycles. The van der Waals surface area contributed by atoms with Crippen molar-refractivity contribution in [3.05, 3.63) is 35.4 Å². The third-order valence-corrected chi connectivity index (χ3v) is 5.23. The van der Waals surface area contributed by atoms with E-state index in [2.05, 4.69) is 4.74 Å². The van der Waals surface area contributed by atoms with E-state index in [9.17, 15) is 9.59 Å². The second kappa shape index (κ2) is 5.34. The summed E-state index contributed by atoms with van der Waals surface area (Å²) in [4.78, 5) is 24.0. The van der Waals surface area contributed by atoms with Crippen LogP contribution in [0.3, 0.4) is 0 Å². The van der Waals surface area contributed by atoms with Crippen molar-refractivity contribution in [2.75, 3.05) is 20.5 Å². The van der Waals surface area contributed by atoms with Gasteiger partial charge in [0.05, 0.1) is 19.3 Å². The lowest BCUT2D eigenvalue weighted by Gasteiger charge is -2.37. The van der Waals surface area contributed by atoms with E-state index in [0.29, 0.717) is 30.1 Å². The first kappa shape index (κ1) is 15.2. The van der Waals surface area contributed by atoms with Gasteiger partial charge in [-0.25, -0.2) is 4.79 Å². The fraction of sp³-hybridized carbons (Fsp3) is 0.444. The van der Waals surface area contributed by atoms with E-state index < -0.39 is 11.6 Å². The zero-order chi connectivity index (χ0) is 16.9. The number of benzene rings is 1. The van der Waals surface area contributed by atoms with Gasteiger partial charge in [0.1, 0.15) is 0 Å². The molecule has 1 aromatic carbocycles. The van der Waals surface area contributed by atoms with Gasteiger partial charge >= 0.3 is 5.97 Å². The molecule has 1 saturated heterocycles. The molecule has 0 N–H and O–H groups in total. The predicted octanol–water partition coefficient (Wildman–Crippen LogP) is 2.21. The van der Waals surface area contributed by atoms with Gasteiger partial charge in [-0.05, 0) is 24.6 Å². The quantitative estimate of drug-likeness (QED) is 0.611. The Morgan fingerprint density at radius 3 is 2.83 bits per heavy atom. The minimum Gasteiger partial charge on any atom is -0.466 e. The summed E-state index contributed by atoms with van der Waals surface area (Å²) in [6, 6.07) is 3.61. The number of ketones is 1. The van der Waals surface area contributed by atoms with Crippen molar-refractivity contribution in [2.24, 2.45) is 11.8 Å². The molecule has 3 aliphatic rings. The molecule has 1 aromatic rings. The summed E-state index contributed by atoms with van der Waals surface area (Å²) >= 11 is 0. The van der Waals surface area contributed by atoms with Crippen molar-refractivity contribution >= 4 is 11.8 Å². The van der Waals surface area contributed by atoms with Gasteiger partial charge in [0, 0.05) is 29.9 Å².